The van der Waals surface area contributed by atoms with E-state index in [2.05, 4.69) is 0 Å². The van der Waals surface area contributed by atoms with Crippen LogP contribution < -0.4 is 14.2 Å². The smallest absolute Gasteiger partial charge is 0.169 e. The minimum Gasteiger partial charge on any atom is -0.495 e. The maximum Gasteiger partial charge on any atom is 0.169 e. The van der Waals surface area contributed by atoms with Crippen LogP contribution in [0.15, 0.2) is 24.3 Å². The van der Waals surface area contributed by atoms with Crippen LogP contribution in [0.4, 0.5) is 0 Å². The van der Waals surface area contributed by atoms with Gasteiger partial charge in [0.2, 0.25) is 0 Å². The van der Waals surface area contributed by atoms with E-state index >= 15 is 0 Å². The van der Waals surface area contributed by atoms with Gasteiger partial charge in [-0.2, -0.15) is 15.8 Å². The summed E-state index contributed by atoms with van der Waals surface area (Å²) in [6.07, 6.45) is 0. The number of rotatable bonds is 3. The van der Waals surface area contributed by atoms with E-state index in [0.717, 1.165) is 5.39 Å². The summed E-state index contributed by atoms with van der Waals surface area (Å²) >= 11 is 0. The van der Waals surface area contributed by atoms with E-state index in [9.17, 15) is 15.8 Å². The van der Waals surface area contributed by atoms with Gasteiger partial charge in [0.15, 0.2) is 11.5 Å². The van der Waals surface area contributed by atoms with E-state index < -0.39 is 0 Å². The molecule has 0 fully saturated rings. The molecular formula is C20H13N3O3. The predicted molar refractivity (Wildman–Crippen MR) is 95.3 cm³/mol. The lowest BCUT2D eigenvalue weighted by Crippen LogP contribution is -2.00. The Balaban J connectivity index is 2.75. The van der Waals surface area contributed by atoms with Crippen LogP contribution in [0.1, 0.15) is 16.7 Å². The van der Waals surface area contributed by atoms with Gasteiger partial charge < -0.3 is 14.2 Å². The van der Waals surface area contributed by atoms with E-state index in [4.69, 9.17) is 14.2 Å². The molecule has 0 radical (unpaired) electrons. The summed E-state index contributed by atoms with van der Waals surface area (Å²) in [6, 6.07) is 13.2. The first kappa shape index (κ1) is 16.9. The SMILES string of the molecule is COc1ccc2ccc3c(C#N)c(C#N)c(C#N)c(OC)c3c2c1OC. The Kier molecular flexibility index (Phi) is 4.23. The molecule has 126 valence electrons. The second kappa shape index (κ2) is 6.51. The van der Waals surface area contributed by atoms with Crippen molar-refractivity contribution in [3.63, 3.8) is 0 Å². The number of fused-ring (bicyclic) bond motifs is 3. The van der Waals surface area contributed by atoms with Gasteiger partial charge in [-0.25, -0.2) is 0 Å². The van der Waals surface area contributed by atoms with Gasteiger partial charge in [0.05, 0.1) is 32.5 Å². The van der Waals surface area contributed by atoms with Gasteiger partial charge in [0.25, 0.3) is 0 Å². The minimum absolute atomic E-state index is 0.000521. The van der Waals surface area contributed by atoms with Gasteiger partial charge in [-0.15, -0.1) is 0 Å². The van der Waals surface area contributed by atoms with Crippen molar-refractivity contribution in [1.82, 2.24) is 0 Å². The Bertz CT molecular complexity index is 1180. The average Bonchev–Trinajstić information content (AvgIpc) is 2.69. The van der Waals surface area contributed by atoms with E-state index in [0.29, 0.717) is 27.7 Å². The summed E-state index contributed by atoms with van der Waals surface area (Å²) in [5.74, 6) is 1.21. The highest BCUT2D eigenvalue weighted by Crippen LogP contribution is 2.45. The largest absolute Gasteiger partial charge is 0.495 e. The lowest BCUT2D eigenvalue weighted by Gasteiger charge is -2.17. The molecule has 0 spiro atoms. The fourth-order valence-electron chi connectivity index (χ4n) is 3.21. The zero-order valence-electron chi connectivity index (χ0n) is 14.4. The quantitative estimate of drug-likeness (QED) is 0.673. The minimum atomic E-state index is 0.000521. The highest BCUT2D eigenvalue weighted by Gasteiger charge is 2.24. The topological polar surface area (TPSA) is 99.1 Å². The van der Waals surface area contributed by atoms with E-state index in [-0.39, 0.29) is 22.4 Å². The molecule has 0 heterocycles. The van der Waals surface area contributed by atoms with Gasteiger partial charge in [-0.1, -0.05) is 18.2 Å². The predicted octanol–water partition coefficient (Wildman–Crippen LogP) is 3.63. The van der Waals surface area contributed by atoms with Crippen LogP contribution in [0, 0.1) is 34.0 Å². The molecule has 0 aliphatic rings. The Morgan fingerprint density at radius 1 is 0.654 bits per heavy atom. The van der Waals surface area contributed by atoms with Gasteiger partial charge in [-0.05, 0) is 11.5 Å². The van der Waals surface area contributed by atoms with Gasteiger partial charge in [-0.3, -0.25) is 0 Å². The van der Waals surface area contributed by atoms with Gasteiger partial charge in [0.1, 0.15) is 29.5 Å². The molecular weight excluding hydrogens is 330 g/mol. The first-order valence-corrected chi connectivity index (χ1v) is 7.58. The molecule has 0 saturated carbocycles. The van der Waals surface area contributed by atoms with Crippen LogP contribution in [0.25, 0.3) is 21.5 Å². The number of benzene rings is 3. The van der Waals surface area contributed by atoms with Crippen molar-refractivity contribution in [1.29, 1.82) is 15.8 Å². The zero-order valence-corrected chi connectivity index (χ0v) is 14.4. The van der Waals surface area contributed by atoms with Crippen molar-refractivity contribution in [3.05, 3.63) is 41.0 Å². The molecule has 6 nitrogen and oxygen atoms in total. The third-order valence-corrected chi connectivity index (χ3v) is 4.29. The molecule has 0 unspecified atom stereocenters. The first-order chi connectivity index (χ1) is 12.7. The van der Waals surface area contributed by atoms with E-state index in [1.807, 2.05) is 30.3 Å². The highest BCUT2D eigenvalue weighted by molar-refractivity contribution is 6.17. The fraction of sp³-hybridized carbons (Fsp3) is 0.150. The fourth-order valence-corrected chi connectivity index (χ4v) is 3.21. The zero-order chi connectivity index (χ0) is 18.8. The van der Waals surface area contributed by atoms with Gasteiger partial charge >= 0.3 is 0 Å². The Hall–Kier alpha value is -3.95. The molecule has 0 bridgehead atoms. The molecule has 3 rings (SSSR count). The molecule has 0 aliphatic heterocycles. The standard InChI is InChI=1S/C20H13N3O3/c1-24-16-7-5-11-4-6-12-13(8-21)14(9-22)15(10-23)19(25-2)18(12)17(11)20(16)26-3/h4-7H,1-3H3. The lowest BCUT2D eigenvalue weighted by atomic mass is 9.91. The van der Waals surface area contributed by atoms with Crippen molar-refractivity contribution in [2.45, 2.75) is 0 Å². The highest BCUT2D eigenvalue weighted by atomic mass is 16.5. The van der Waals surface area contributed by atoms with Crippen molar-refractivity contribution < 1.29 is 14.2 Å². The van der Waals surface area contributed by atoms with Crippen LogP contribution in [0.2, 0.25) is 0 Å². The summed E-state index contributed by atoms with van der Waals surface area (Å²) in [6.45, 7) is 0. The maximum atomic E-state index is 9.62. The molecule has 0 amide bonds. The number of ether oxygens (including phenoxy) is 3. The normalized spacial score (nSPS) is 10.0. The number of nitriles is 3. The molecule has 0 N–H and O–H groups in total. The summed E-state index contributed by atoms with van der Waals surface area (Å²) in [5.41, 5.74) is 0.156. The Labute approximate surface area is 150 Å². The number of methoxy groups -OCH3 is 3. The van der Waals surface area contributed by atoms with Crippen molar-refractivity contribution in [3.8, 4) is 35.5 Å². The molecule has 3 aromatic carbocycles. The van der Waals surface area contributed by atoms with Crippen LogP contribution in [-0.4, -0.2) is 21.3 Å². The Morgan fingerprint density at radius 3 is 1.81 bits per heavy atom. The van der Waals surface area contributed by atoms with Gasteiger partial charge in [0, 0.05) is 16.2 Å². The molecule has 0 aliphatic carbocycles. The Morgan fingerprint density at radius 2 is 1.27 bits per heavy atom. The average molecular weight is 343 g/mol. The van der Waals surface area contributed by atoms with Crippen molar-refractivity contribution in [2.75, 3.05) is 21.3 Å². The number of nitrogens with zero attached hydrogens (tertiary/aromatic N) is 3. The van der Waals surface area contributed by atoms with E-state index in [1.165, 1.54) is 21.3 Å². The first-order valence-electron chi connectivity index (χ1n) is 7.58. The summed E-state index contributed by atoms with van der Waals surface area (Å²) < 4.78 is 16.4. The molecule has 26 heavy (non-hydrogen) atoms. The molecule has 0 atom stereocenters. The third kappa shape index (κ3) is 2.16. The second-order valence-electron chi connectivity index (χ2n) is 5.38. The molecule has 6 heteroatoms. The summed E-state index contributed by atoms with van der Waals surface area (Å²) in [5, 5.41) is 31.2. The van der Waals surface area contributed by atoms with Crippen LogP contribution in [-0.2, 0) is 0 Å². The van der Waals surface area contributed by atoms with Crippen molar-refractivity contribution in [2.24, 2.45) is 0 Å². The van der Waals surface area contributed by atoms with Crippen LogP contribution >= 0.6 is 0 Å². The van der Waals surface area contributed by atoms with Crippen LogP contribution in [0.5, 0.6) is 17.2 Å². The monoisotopic (exact) mass is 343 g/mol. The van der Waals surface area contributed by atoms with E-state index in [1.54, 1.807) is 12.1 Å². The number of hydrogen-bond acceptors (Lipinski definition) is 6. The maximum absolute atomic E-state index is 9.62. The second-order valence-corrected chi connectivity index (χ2v) is 5.38. The van der Waals surface area contributed by atoms with Crippen LogP contribution in [0.3, 0.4) is 0 Å². The number of hydrogen-bond donors (Lipinski definition) is 0. The third-order valence-electron chi connectivity index (χ3n) is 4.29. The van der Waals surface area contributed by atoms with Crippen molar-refractivity contribution >= 4 is 21.5 Å². The molecule has 0 saturated heterocycles. The summed E-state index contributed by atoms with van der Waals surface area (Å²) in [7, 11) is 4.47. The summed E-state index contributed by atoms with van der Waals surface area (Å²) in [4.78, 5) is 0. The lowest BCUT2D eigenvalue weighted by molar-refractivity contribution is 0.358. The molecule has 0 aromatic heterocycles. The molecule has 3 aromatic rings.